The molecule has 0 heterocycles. The van der Waals surface area contributed by atoms with Crippen LogP contribution in [0.1, 0.15) is 56.9 Å². The monoisotopic (exact) mass is 369 g/mol. The van der Waals surface area contributed by atoms with E-state index in [2.05, 4.69) is 17.5 Å². The molecule has 0 unspecified atom stereocenters. The van der Waals surface area contributed by atoms with Crippen LogP contribution in [0.5, 0.6) is 0 Å². The fraction of sp³-hybridized carbons (Fsp3) is 0.478. The number of aryl methyl sites for hydroxylation is 1. The molecule has 4 nitrogen and oxygen atoms in total. The maximum absolute atomic E-state index is 11.8. The molecule has 4 heteroatoms. The number of carbonyl (C=O) groups excluding carboxylic acids is 2. The highest BCUT2D eigenvalue weighted by Gasteiger charge is 2.05. The highest BCUT2D eigenvalue weighted by atomic mass is 16.5. The van der Waals surface area contributed by atoms with Gasteiger partial charge in [0.15, 0.2) is 0 Å². The smallest absolute Gasteiger partial charge is 0.306 e. The molecule has 0 radical (unpaired) electrons. The lowest BCUT2D eigenvalue weighted by molar-refractivity contribution is -0.142. The van der Waals surface area contributed by atoms with Gasteiger partial charge in [-0.3, -0.25) is 9.59 Å². The molecule has 0 atom stereocenters. The van der Waals surface area contributed by atoms with Crippen molar-refractivity contribution in [2.45, 2.75) is 57.8 Å². The van der Waals surface area contributed by atoms with Gasteiger partial charge in [0.2, 0.25) is 5.91 Å². The second-order valence-corrected chi connectivity index (χ2v) is 6.92. The van der Waals surface area contributed by atoms with Crippen LogP contribution in [0.3, 0.4) is 0 Å². The molecule has 0 spiro atoms. The Morgan fingerprint density at radius 3 is 2.56 bits per heavy atom. The molecule has 1 aliphatic carbocycles. The number of amides is 1. The van der Waals surface area contributed by atoms with Gasteiger partial charge in [-0.05, 0) is 43.2 Å². The average Bonchev–Trinajstić information content (AvgIpc) is 2.71. The van der Waals surface area contributed by atoms with E-state index in [0.29, 0.717) is 26.0 Å². The molecule has 0 aromatic heterocycles. The minimum Gasteiger partial charge on any atom is -0.461 e. The molecule has 1 aromatic rings. The van der Waals surface area contributed by atoms with E-state index in [4.69, 9.17) is 4.74 Å². The zero-order valence-electron chi connectivity index (χ0n) is 16.1. The summed E-state index contributed by atoms with van der Waals surface area (Å²) >= 11 is 0. The number of allylic oxidation sites excluding steroid dienone is 2. The van der Waals surface area contributed by atoms with Crippen LogP contribution in [0.4, 0.5) is 0 Å². The Morgan fingerprint density at radius 1 is 0.963 bits per heavy atom. The number of hydrogen-bond donors (Lipinski definition) is 1. The fourth-order valence-corrected chi connectivity index (χ4v) is 2.98. The Bertz CT molecular complexity index is 634. The van der Waals surface area contributed by atoms with Crippen molar-refractivity contribution in [2.24, 2.45) is 0 Å². The third-order valence-corrected chi connectivity index (χ3v) is 4.59. The quantitative estimate of drug-likeness (QED) is 0.436. The molecule has 1 aliphatic rings. The van der Waals surface area contributed by atoms with Gasteiger partial charge in [-0.1, -0.05) is 61.4 Å². The van der Waals surface area contributed by atoms with E-state index in [1.807, 2.05) is 36.4 Å². The Kier molecular flexibility index (Phi) is 10.0. The Hall–Kier alpha value is -2.36. The lowest BCUT2D eigenvalue weighted by atomic mass is 10.1. The van der Waals surface area contributed by atoms with Crippen molar-refractivity contribution in [2.75, 3.05) is 13.2 Å². The van der Waals surface area contributed by atoms with Crippen molar-refractivity contribution in [1.29, 1.82) is 0 Å². The Balaban J connectivity index is 1.40. The highest BCUT2D eigenvalue weighted by molar-refractivity contribution is 5.76. The number of carbonyl (C=O) groups is 2. The van der Waals surface area contributed by atoms with Crippen LogP contribution in [0.2, 0.25) is 0 Å². The number of benzene rings is 1. The first-order valence-corrected chi connectivity index (χ1v) is 10.1. The molecule has 0 saturated heterocycles. The van der Waals surface area contributed by atoms with Crippen molar-refractivity contribution in [3.8, 4) is 0 Å². The summed E-state index contributed by atoms with van der Waals surface area (Å²) in [6, 6.07) is 10.1. The van der Waals surface area contributed by atoms with Crippen LogP contribution < -0.4 is 5.32 Å². The minimum absolute atomic E-state index is 0.105. The molecule has 27 heavy (non-hydrogen) atoms. The molecular weight excluding hydrogens is 338 g/mol. The van der Waals surface area contributed by atoms with Crippen molar-refractivity contribution >= 4 is 11.9 Å². The number of unbranched alkanes of at least 4 members (excludes halogenated alkanes) is 3. The molecule has 1 amide bonds. The molecule has 1 aromatic carbocycles. The van der Waals surface area contributed by atoms with E-state index in [9.17, 15) is 9.59 Å². The van der Waals surface area contributed by atoms with Crippen LogP contribution in [-0.4, -0.2) is 25.0 Å². The predicted molar refractivity (Wildman–Crippen MR) is 108 cm³/mol. The molecule has 0 aliphatic heterocycles. The zero-order chi connectivity index (χ0) is 19.2. The van der Waals surface area contributed by atoms with Gasteiger partial charge in [0.1, 0.15) is 6.61 Å². The number of nitrogens with one attached hydrogen (secondary N) is 1. The highest BCUT2D eigenvalue weighted by Crippen LogP contribution is 2.11. The van der Waals surface area contributed by atoms with Gasteiger partial charge < -0.3 is 10.1 Å². The third-order valence-electron chi connectivity index (χ3n) is 4.59. The third kappa shape index (κ3) is 9.78. The van der Waals surface area contributed by atoms with Crippen molar-refractivity contribution < 1.29 is 14.3 Å². The minimum atomic E-state index is -0.121. The first-order valence-electron chi connectivity index (χ1n) is 10.1. The molecule has 1 N–H and O–H groups in total. The van der Waals surface area contributed by atoms with Gasteiger partial charge in [0.05, 0.1) is 0 Å². The fourth-order valence-electron chi connectivity index (χ4n) is 2.98. The SMILES string of the molecule is O=C(CCc1ccccc1)NCCCCCCC(=O)OCC1=CCCC=C1. The second kappa shape index (κ2) is 12.9. The Labute approximate surface area is 162 Å². The van der Waals surface area contributed by atoms with Crippen molar-refractivity contribution in [3.63, 3.8) is 0 Å². The summed E-state index contributed by atoms with van der Waals surface area (Å²) in [6.07, 6.45) is 14.0. The van der Waals surface area contributed by atoms with Crippen LogP contribution >= 0.6 is 0 Å². The van der Waals surface area contributed by atoms with Gasteiger partial charge in [0.25, 0.3) is 0 Å². The van der Waals surface area contributed by atoms with E-state index in [0.717, 1.165) is 50.5 Å². The molecule has 0 saturated carbocycles. The molecule has 2 rings (SSSR count). The number of ether oxygens (including phenoxy) is 1. The molecular formula is C23H31NO3. The summed E-state index contributed by atoms with van der Waals surface area (Å²) in [4.78, 5) is 23.5. The Morgan fingerprint density at radius 2 is 1.78 bits per heavy atom. The predicted octanol–water partition coefficient (Wildman–Crippen LogP) is 4.51. The summed E-state index contributed by atoms with van der Waals surface area (Å²) in [5, 5.41) is 2.97. The molecule has 146 valence electrons. The summed E-state index contributed by atoms with van der Waals surface area (Å²) in [5.41, 5.74) is 2.29. The van der Waals surface area contributed by atoms with Crippen LogP contribution in [-0.2, 0) is 20.7 Å². The van der Waals surface area contributed by atoms with Gasteiger partial charge in [-0.25, -0.2) is 0 Å². The van der Waals surface area contributed by atoms with E-state index in [1.54, 1.807) is 0 Å². The van der Waals surface area contributed by atoms with E-state index in [-0.39, 0.29) is 11.9 Å². The first-order chi connectivity index (χ1) is 13.2. The summed E-state index contributed by atoms with van der Waals surface area (Å²) < 4.78 is 5.29. The summed E-state index contributed by atoms with van der Waals surface area (Å²) in [6.45, 7) is 1.10. The van der Waals surface area contributed by atoms with E-state index >= 15 is 0 Å². The maximum atomic E-state index is 11.8. The van der Waals surface area contributed by atoms with Crippen LogP contribution in [0.25, 0.3) is 0 Å². The largest absolute Gasteiger partial charge is 0.461 e. The average molecular weight is 370 g/mol. The number of rotatable bonds is 12. The number of esters is 1. The van der Waals surface area contributed by atoms with Gasteiger partial charge in [-0.15, -0.1) is 0 Å². The van der Waals surface area contributed by atoms with E-state index in [1.165, 1.54) is 5.56 Å². The lowest BCUT2D eigenvalue weighted by Crippen LogP contribution is -2.24. The van der Waals surface area contributed by atoms with Gasteiger partial charge >= 0.3 is 5.97 Å². The van der Waals surface area contributed by atoms with Crippen LogP contribution in [0, 0.1) is 0 Å². The standard InChI is InChI=1S/C23H31NO3/c25-22(17-16-20-11-5-3-6-12-20)24-18-10-2-1-9-15-23(26)27-19-21-13-7-4-8-14-21/h3,5-7,11-14H,1-2,4,8-10,15-19H2,(H,24,25). The molecule has 0 bridgehead atoms. The zero-order valence-corrected chi connectivity index (χ0v) is 16.1. The van der Waals surface area contributed by atoms with E-state index < -0.39 is 0 Å². The topological polar surface area (TPSA) is 55.4 Å². The first kappa shape index (κ1) is 20.9. The molecule has 0 fully saturated rings. The van der Waals surface area contributed by atoms with Crippen molar-refractivity contribution in [3.05, 3.63) is 59.7 Å². The summed E-state index contributed by atoms with van der Waals surface area (Å²) in [5.74, 6) is -0.0161. The number of hydrogen-bond acceptors (Lipinski definition) is 3. The van der Waals surface area contributed by atoms with Crippen LogP contribution in [0.15, 0.2) is 54.1 Å². The summed E-state index contributed by atoms with van der Waals surface area (Å²) in [7, 11) is 0. The lowest BCUT2D eigenvalue weighted by Gasteiger charge is -2.08. The van der Waals surface area contributed by atoms with Crippen molar-refractivity contribution in [1.82, 2.24) is 5.32 Å². The second-order valence-electron chi connectivity index (χ2n) is 6.92. The van der Waals surface area contributed by atoms with Gasteiger partial charge in [0, 0.05) is 19.4 Å². The normalized spacial score (nSPS) is 13.1. The van der Waals surface area contributed by atoms with Gasteiger partial charge in [-0.2, -0.15) is 0 Å². The maximum Gasteiger partial charge on any atom is 0.306 e.